The summed E-state index contributed by atoms with van der Waals surface area (Å²) < 4.78 is 69.5. The highest BCUT2D eigenvalue weighted by Crippen LogP contribution is 2.33. The molecule has 0 aliphatic rings. The van der Waals surface area contributed by atoms with Crippen LogP contribution in [0.1, 0.15) is 38.6 Å². The van der Waals surface area contributed by atoms with Crippen LogP contribution in [0.4, 0.5) is 17.6 Å². The van der Waals surface area contributed by atoms with Gasteiger partial charge in [0.05, 0.1) is 26.3 Å². The van der Waals surface area contributed by atoms with Gasteiger partial charge in [0.1, 0.15) is 12.1 Å². The molecule has 0 aliphatic carbocycles. The number of oxazole rings is 1. The van der Waals surface area contributed by atoms with Crippen molar-refractivity contribution >= 4 is 5.91 Å². The third kappa shape index (κ3) is 7.38. The number of para-hydroxylation sites is 1. The van der Waals surface area contributed by atoms with Gasteiger partial charge in [0, 0.05) is 25.2 Å². The van der Waals surface area contributed by atoms with Gasteiger partial charge >= 0.3 is 6.18 Å². The molecular weight excluding hydrogens is 530 g/mol. The number of rotatable bonds is 11. The van der Waals surface area contributed by atoms with Gasteiger partial charge in [-0.25, -0.2) is 9.37 Å². The van der Waals surface area contributed by atoms with Crippen LogP contribution < -0.4 is 14.8 Å². The number of benzene rings is 3. The third-order valence-corrected chi connectivity index (χ3v) is 6.05. The molecule has 1 amide bonds. The summed E-state index contributed by atoms with van der Waals surface area (Å²) >= 11 is 0. The molecule has 0 radical (unpaired) electrons. The van der Waals surface area contributed by atoms with Gasteiger partial charge in [-0.3, -0.25) is 9.69 Å². The van der Waals surface area contributed by atoms with Gasteiger partial charge in [0.2, 0.25) is 5.89 Å². The second kappa shape index (κ2) is 12.6. The minimum Gasteiger partial charge on any atom is -0.493 e. The summed E-state index contributed by atoms with van der Waals surface area (Å²) in [5, 5.41) is 2.69. The van der Waals surface area contributed by atoms with Crippen LogP contribution in [0.5, 0.6) is 11.5 Å². The summed E-state index contributed by atoms with van der Waals surface area (Å²) in [6.07, 6.45) is -3.26. The van der Waals surface area contributed by atoms with Crippen LogP contribution in [0, 0.1) is 5.82 Å². The Hall–Kier alpha value is -4.38. The van der Waals surface area contributed by atoms with Gasteiger partial charge in [0.25, 0.3) is 5.91 Å². The zero-order valence-corrected chi connectivity index (χ0v) is 21.8. The number of alkyl halides is 3. The molecule has 0 fully saturated rings. The van der Waals surface area contributed by atoms with E-state index in [4.69, 9.17) is 13.9 Å². The SMILES string of the molecule is COc1cccc(CN(Cc2cccc(C(F)(F)F)c2)Cc2nc(C(=O)NCc3ccc(F)cc3)co2)c1OC. The quantitative estimate of drug-likeness (QED) is 0.229. The van der Waals surface area contributed by atoms with Crippen molar-refractivity contribution in [3.63, 3.8) is 0 Å². The number of nitrogens with zero attached hydrogens (tertiary/aromatic N) is 2. The number of carbonyl (C=O) groups excluding carboxylic acids is 1. The van der Waals surface area contributed by atoms with Gasteiger partial charge < -0.3 is 19.2 Å². The molecule has 1 aromatic heterocycles. The number of amides is 1. The molecular formula is C29H27F4N3O4. The van der Waals surface area contributed by atoms with Crippen LogP contribution in [-0.4, -0.2) is 30.0 Å². The molecule has 40 heavy (non-hydrogen) atoms. The van der Waals surface area contributed by atoms with E-state index in [9.17, 15) is 22.4 Å². The summed E-state index contributed by atoms with van der Waals surface area (Å²) in [6, 6.07) is 16.1. The maximum atomic E-state index is 13.3. The molecule has 0 saturated carbocycles. The minimum absolute atomic E-state index is 0.0371. The van der Waals surface area contributed by atoms with Gasteiger partial charge in [-0.15, -0.1) is 0 Å². The predicted octanol–water partition coefficient (Wildman–Crippen LogP) is 5.98. The molecule has 4 aromatic rings. The Balaban J connectivity index is 1.53. The molecule has 4 rings (SSSR count). The maximum absolute atomic E-state index is 13.3. The first kappa shape index (κ1) is 28.6. The summed E-state index contributed by atoms with van der Waals surface area (Å²) in [4.78, 5) is 18.7. The Morgan fingerprint density at radius 3 is 2.40 bits per heavy atom. The standard InChI is InChI=1S/C29H27F4N3O4/c1-38-25-8-4-6-21(27(25)39-2)16-36(15-20-5-3-7-22(13-20)29(31,32)33)17-26-35-24(18-40-26)28(37)34-14-19-9-11-23(30)12-10-19/h3-13,18H,14-17H2,1-2H3,(H,34,37). The highest BCUT2D eigenvalue weighted by atomic mass is 19.4. The zero-order valence-electron chi connectivity index (χ0n) is 21.8. The lowest BCUT2D eigenvalue weighted by molar-refractivity contribution is -0.137. The van der Waals surface area contributed by atoms with E-state index in [-0.39, 0.29) is 43.6 Å². The van der Waals surface area contributed by atoms with Crippen molar-refractivity contribution in [2.45, 2.75) is 32.4 Å². The smallest absolute Gasteiger partial charge is 0.416 e. The fourth-order valence-electron chi connectivity index (χ4n) is 4.15. The molecule has 0 aliphatic heterocycles. The summed E-state index contributed by atoms with van der Waals surface area (Å²) in [7, 11) is 3.01. The monoisotopic (exact) mass is 557 g/mol. The average molecular weight is 558 g/mol. The highest BCUT2D eigenvalue weighted by Gasteiger charge is 2.30. The number of halogens is 4. The molecule has 11 heteroatoms. The second-order valence-corrected chi connectivity index (χ2v) is 8.93. The van der Waals surface area contributed by atoms with Crippen molar-refractivity contribution in [3.8, 4) is 11.5 Å². The fourth-order valence-corrected chi connectivity index (χ4v) is 4.15. The highest BCUT2D eigenvalue weighted by molar-refractivity contribution is 5.91. The van der Waals surface area contributed by atoms with Crippen LogP contribution in [-0.2, 0) is 32.4 Å². The molecule has 1 N–H and O–H groups in total. The van der Waals surface area contributed by atoms with Crippen molar-refractivity contribution in [1.29, 1.82) is 0 Å². The lowest BCUT2D eigenvalue weighted by Gasteiger charge is -2.23. The summed E-state index contributed by atoms with van der Waals surface area (Å²) in [5.41, 5.74) is 1.16. The van der Waals surface area contributed by atoms with E-state index >= 15 is 0 Å². The van der Waals surface area contributed by atoms with E-state index in [0.717, 1.165) is 17.7 Å². The van der Waals surface area contributed by atoms with E-state index in [1.165, 1.54) is 38.7 Å². The number of hydrogen-bond donors (Lipinski definition) is 1. The van der Waals surface area contributed by atoms with E-state index < -0.39 is 17.6 Å². The lowest BCUT2D eigenvalue weighted by atomic mass is 10.1. The fraction of sp³-hybridized carbons (Fsp3) is 0.241. The van der Waals surface area contributed by atoms with Crippen molar-refractivity contribution in [2.75, 3.05) is 14.2 Å². The third-order valence-electron chi connectivity index (χ3n) is 6.05. The largest absolute Gasteiger partial charge is 0.493 e. The molecule has 0 unspecified atom stereocenters. The molecule has 1 heterocycles. The topological polar surface area (TPSA) is 76.8 Å². The Morgan fingerprint density at radius 2 is 1.70 bits per heavy atom. The van der Waals surface area contributed by atoms with Crippen molar-refractivity contribution in [3.05, 3.63) is 113 Å². The summed E-state index contributed by atoms with van der Waals surface area (Å²) in [6.45, 7) is 0.629. The first-order chi connectivity index (χ1) is 19.2. The Morgan fingerprint density at radius 1 is 0.950 bits per heavy atom. The van der Waals surface area contributed by atoms with Gasteiger partial charge in [-0.05, 0) is 35.4 Å². The molecule has 0 atom stereocenters. The van der Waals surface area contributed by atoms with Crippen molar-refractivity contribution < 1.29 is 36.2 Å². The molecule has 0 spiro atoms. The number of aromatic nitrogens is 1. The van der Waals surface area contributed by atoms with Crippen molar-refractivity contribution in [1.82, 2.24) is 15.2 Å². The van der Waals surface area contributed by atoms with Crippen LogP contribution in [0.2, 0.25) is 0 Å². The van der Waals surface area contributed by atoms with E-state index in [0.29, 0.717) is 22.6 Å². The van der Waals surface area contributed by atoms with Gasteiger partial charge in [-0.2, -0.15) is 13.2 Å². The van der Waals surface area contributed by atoms with Crippen LogP contribution >= 0.6 is 0 Å². The van der Waals surface area contributed by atoms with Gasteiger partial charge in [-0.1, -0.05) is 42.5 Å². The van der Waals surface area contributed by atoms with Crippen LogP contribution in [0.25, 0.3) is 0 Å². The van der Waals surface area contributed by atoms with Gasteiger partial charge in [0.15, 0.2) is 17.2 Å². The first-order valence-electron chi connectivity index (χ1n) is 12.2. The molecule has 3 aromatic carbocycles. The number of methoxy groups -OCH3 is 2. The zero-order chi connectivity index (χ0) is 28.7. The lowest BCUT2D eigenvalue weighted by Crippen LogP contribution is -2.24. The Labute approximate surface area is 228 Å². The maximum Gasteiger partial charge on any atom is 0.416 e. The Bertz CT molecular complexity index is 1440. The molecule has 0 bridgehead atoms. The molecule has 0 saturated heterocycles. The first-order valence-corrected chi connectivity index (χ1v) is 12.2. The van der Waals surface area contributed by atoms with Crippen molar-refractivity contribution in [2.24, 2.45) is 0 Å². The second-order valence-electron chi connectivity index (χ2n) is 8.93. The van der Waals surface area contributed by atoms with E-state index in [1.807, 2.05) is 11.0 Å². The minimum atomic E-state index is -4.48. The van der Waals surface area contributed by atoms with E-state index in [1.54, 1.807) is 30.3 Å². The van der Waals surface area contributed by atoms with E-state index in [2.05, 4.69) is 10.3 Å². The van der Waals surface area contributed by atoms with Crippen LogP contribution in [0.15, 0.2) is 77.4 Å². The number of nitrogens with one attached hydrogen (secondary N) is 1. The molecule has 7 nitrogen and oxygen atoms in total. The Kier molecular flexibility index (Phi) is 9.05. The molecule has 210 valence electrons. The van der Waals surface area contributed by atoms with Crippen LogP contribution in [0.3, 0.4) is 0 Å². The average Bonchev–Trinajstić information content (AvgIpc) is 3.40. The predicted molar refractivity (Wildman–Crippen MR) is 138 cm³/mol. The number of hydrogen-bond acceptors (Lipinski definition) is 6. The summed E-state index contributed by atoms with van der Waals surface area (Å²) in [5.74, 6) is 0.332. The normalized spacial score (nSPS) is 11.5. The number of carbonyl (C=O) groups is 1. The number of ether oxygens (including phenoxy) is 2.